The summed E-state index contributed by atoms with van der Waals surface area (Å²) in [6, 6.07) is 27.6. The number of hydrogen-bond acceptors (Lipinski definition) is 3. The third-order valence-corrected chi connectivity index (χ3v) is 5.95. The predicted molar refractivity (Wildman–Crippen MR) is 112 cm³/mol. The first-order chi connectivity index (χ1) is 13.7. The zero-order chi connectivity index (χ0) is 19.4. The van der Waals surface area contributed by atoms with Gasteiger partial charge in [0.05, 0.1) is 0 Å². The average molecular weight is 373 g/mol. The highest BCUT2D eigenvalue weighted by atomic mass is 16.3. The van der Waals surface area contributed by atoms with E-state index in [-0.39, 0.29) is 5.92 Å². The number of nitrogens with zero attached hydrogens (tertiary/aromatic N) is 1. The number of phenolic OH excluding ortho intramolecular Hbond substituents is 1. The Hall–Kier alpha value is -2.62. The first-order valence-electron chi connectivity index (χ1n) is 10.00. The number of aromatic hydroxyl groups is 1. The summed E-state index contributed by atoms with van der Waals surface area (Å²) >= 11 is 0. The third kappa shape index (κ3) is 3.82. The zero-order valence-corrected chi connectivity index (χ0v) is 16.0. The van der Waals surface area contributed by atoms with Crippen molar-refractivity contribution in [3.8, 4) is 5.75 Å². The molecule has 0 atom stereocenters. The van der Waals surface area contributed by atoms with Crippen molar-refractivity contribution < 1.29 is 10.2 Å². The van der Waals surface area contributed by atoms with Gasteiger partial charge >= 0.3 is 0 Å². The Morgan fingerprint density at radius 1 is 0.750 bits per heavy atom. The van der Waals surface area contributed by atoms with Gasteiger partial charge in [-0.05, 0) is 60.7 Å². The highest BCUT2D eigenvalue weighted by Gasteiger charge is 2.41. The van der Waals surface area contributed by atoms with Gasteiger partial charge in [-0.1, -0.05) is 72.8 Å². The standard InChI is InChI=1S/C25H27NO2/c27-24-13-11-20(12-14-24)19-26-17-15-23(16-18-26)25(28,21-7-3-1-4-8-21)22-9-5-2-6-10-22/h1-14,23,27-28H,15-19H2. The predicted octanol–water partition coefficient (Wildman–Crippen LogP) is 4.54. The molecule has 3 nitrogen and oxygen atoms in total. The molecule has 1 aliphatic heterocycles. The van der Waals surface area contributed by atoms with Crippen LogP contribution in [-0.4, -0.2) is 28.2 Å². The van der Waals surface area contributed by atoms with Crippen LogP contribution >= 0.6 is 0 Å². The molecule has 0 unspecified atom stereocenters. The average Bonchev–Trinajstić information content (AvgIpc) is 2.76. The molecule has 0 saturated carbocycles. The van der Waals surface area contributed by atoms with E-state index >= 15 is 0 Å². The van der Waals surface area contributed by atoms with E-state index < -0.39 is 5.60 Å². The number of benzene rings is 3. The normalized spacial score (nSPS) is 16.2. The molecule has 0 spiro atoms. The Labute approximate surface area is 166 Å². The van der Waals surface area contributed by atoms with Crippen molar-refractivity contribution in [2.75, 3.05) is 13.1 Å². The fourth-order valence-corrected chi connectivity index (χ4v) is 4.39. The van der Waals surface area contributed by atoms with Gasteiger partial charge in [0.15, 0.2) is 0 Å². The van der Waals surface area contributed by atoms with Crippen LogP contribution in [0.25, 0.3) is 0 Å². The van der Waals surface area contributed by atoms with Gasteiger partial charge in [0.1, 0.15) is 11.4 Å². The highest BCUT2D eigenvalue weighted by Crippen LogP contribution is 2.42. The second-order valence-corrected chi connectivity index (χ2v) is 7.72. The molecule has 3 aromatic carbocycles. The van der Waals surface area contributed by atoms with E-state index in [0.717, 1.165) is 43.6 Å². The summed E-state index contributed by atoms with van der Waals surface area (Å²) < 4.78 is 0. The van der Waals surface area contributed by atoms with E-state index in [9.17, 15) is 10.2 Å². The second-order valence-electron chi connectivity index (χ2n) is 7.72. The summed E-state index contributed by atoms with van der Waals surface area (Å²) in [7, 11) is 0. The lowest BCUT2D eigenvalue weighted by Gasteiger charge is -2.42. The topological polar surface area (TPSA) is 43.7 Å². The van der Waals surface area contributed by atoms with E-state index in [2.05, 4.69) is 4.90 Å². The summed E-state index contributed by atoms with van der Waals surface area (Å²) in [5, 5.41) is 21.4. The number of likely N-dealkylation sites (tertiary alicyclic amines) is 1. The van der Waals surface area contributed by atoms with E-state index in [4.69, 9.17) is 0 Å². The van der Waals surface area contributed by atoms with Gasteiger partial charge in [-0.2, -0.15) is 0 Å². The molecule has 1 saturated heterocycles. The van der Waals surface area contributed by atoms with Crippen molar-refractivity contribution in [2.24, 2.45) is 5.92 Å². The molecular weight excluding hydrogens is 346 g/mol. The lowest BCUT2D eigenvalue weighted by molar-refractivity contribution is -0.0152. The number of phenols is 1. The molecule has 3 aromatic rings. The van der Waals surface area contributed by atoms with Crippen molar-refractivity contribution in [2.45, 2.75) is 25.0 Å². The molecule has 0 aromatic heterocycles. The maximum absolute atomic E-state index is 11.9. The van der Waals surface area contributed by atoms with Crippen molar-refractivity contribution >= 4 is 0 Å². The SMILES string of the molecule is Oc1ccc(CN2CCC(C(O)(c3ccccc3)c3ccccc3)CC2)cc1. The molecule has 4 rings (SSSR count). The van der Waals surface area contributed by atoms with Gasteiger partial charge < -0.3 is 10.2 Å². The van der Waals surface area contributed by atoms with E-state index in [1.165, 1.54) is 5.56 Å². The van der Waals surface area contributed by atoms with Gasteiger partial charge in [0, 0.05) is 6.54 Å². The molecule has 1 aliphatic rings. The van der Waals surface area contributed by atoms with Crippen LogP contribution in [-0.2, 0) is 12.1 Å². The minimum atomic E-state index is -0.965. The fourth-order valence-electron chi connectivity index (χ4n) is 4.39. The van der Waals surface area contributed by atoms with Crippen LogP contribution in [0.5, 0.6) is 5.75 Å². The number of hydrogen-bond donors (Lipinski definition) is 2. The lowest BCUT2D eigenvalue weighted by atomic mass is 9.72. The molecule has 0 bridgehead atoms. The van der Waals surface area contributed by atoms with Crippen LogP contribution < -0.4 is 0 Å². The maximum atomic E-state index is 11.9. The molecule has 1 heterocycles. The molecule has 0 aliphatic carbocycles. The minimum absolute atomic E-state index is 0.174. The van der Waals surface area contributed by atoms with E-state index in [1.807, 2.05) is 72.8 Å². The number of aliphatic hydroxyl groups is 1. The van der Waals surface area contributed by atoms with Crippen LogP contribution in [0.4, 0.5) is 0 Å². The molecule has 1 fully saturated rings. The summed E-state index contributed by atoms with van der Waals surface area (Å²) in [4.78, 5) is 2.43. The quantitative estimate of drug-likeness (QED) is 0.690. The first kappa shape index (κ1) is 18.7. The van der Waals surface area contributed by atoms with Crippen LogP contribution in [0.1, 0.15) is 29.5 Å². The summed E-state index contributed by atoms with van der Waals surface area (Å²) in [6.07, 6.45) is 1.89. The molecule has 28 heavy (non-hydrogen) atoms. The van der Waals surface area contributed by atoms with Crippen LogP contribution in [0.2, 0.25) is 0 Å². The molecule has 0 radical (unpaired) electrons. The maximum Gasteiger partial charge on any atom is 0.117 e. The second kappa shape index (κ2) is 8.17. The molecule has 144 valence electrons. The van der Waals surface area contributed by atoms with Crippen molar-refractivity contribution in [1.82, 2.24) is 4.90 Å². The summed E-state index contributed by atoms with van der Waals surface area (Å²) in [6.45, 7) is 2.78. The fraction of sp³-hybridized carbons (Fsp3) is 0.280. The molecule has 3 heteroatoms. The Balaban J connectivity index is 1.52. The van der Waals surface area contributed by atoms with Gasteiger partial charge in [-0.3, -0.25) is 4.90 Å². The largest absolute Gasteiger partial charge is 0.508 e. The Bertz CT molecular complexity index is 830. The minimum Gasteiger partial charge on any atom is -0.508 e. The van der Waals surface area contributed by atoms with Gasteiger partial charge in [-0.25, -0.2) is 0 Å². The van der Waals surface area contributed by atoms with Crippen molar-refractivity contribution in [1.29, 1.82) is 0 Å². The van der Waals surface area contributed by atoms with Gasteiger partial charge in [-0.15, -0.1) is 0 Å². The monoisotopic (exact) mass is 373 g/mol. The van der Waals surface area contributed by atoms with Crippen LogP contribution in [0, 0.1) is 5.92 Å². The first-order valence-corrected chi connectivity index (χ1v) is 10.00. The number of piperidine rings is 1. The molecule has 2 N–H and O–H groups in total. The third-order valence-electron chi connectivity index (χ3n) is 5.95. The highest BCUT2D eigenvalue weighted by molar-refractivity contribution is 5.37. The van der Waals surface area contributed by atoms with Crippen LogP contribution in [0.15, 0.2) is 84.9 Å². The van der Waals surface area contributed by atoms with Crippen molar-refractivity contribution in [3.63, 3.8) is 0 Å². The Kier molecular flexibility index (Phi) is 5.47. The zero-order valence-electron chi connectivity index (χ0n) is 16.0. The van der Waals surface area contributed by atoms with Gasteiger partial charge in [0.25, 0.3) is 0 Å². The molecule has 0 amide bonds. The number of rotatable bonds is 5. The van der Waals surface area contributed by atoms with Gasteiger partial charge in [0.2, 0.25) is 0 Å². The van der Waals surface area contributed by atoms with Crippen LogP contribution in [0.3, 0.4) is 0 Å². The smallest absolute Gasteiger partial charge is 0.117 e. The molecular formula is C25H27NO2. The van der Waals surface area contributed by atoms with Crippen molar-refractivity contribution in [3.05, 3.63) is 102 Å². The summed E-state index contributed by atoms with van der Waals surface area (Å²) in [5.74, 6) is 0.478. The Morgan fingerprint density at radius 3 is 1.75 bits per heavy atom. The lowest BCUT2D eigenvalue weighted by Crippen LogP contribution is -2.44. The summed E-state index contributed by atoms with van der Waals surface area (Å²) in [5.41, 5.74) is 2.18. The van der Waals surface area contributed by atoms with E-state index in [1.54, 1.807) is 12.1 Å². The van der Waals surface area contributed by atoms with E-state index in [0.29, 0.717) is 5.75 Å². The Morgan fingerprint density at radius 2 is 1.25 bits per heavy atom.